The highest BCUT2D eigenvalue weighted by Gasteiger charge is 2.12. The number of ketones is 1. The molecule has 0 spiro atoms. The Labute approximate surface area is 126 Å². The molecule has 0 bridgehead atoms. The van der Waals surface area contributed by atoms with Gasteiger partial charge in [-0.2, -0.15) is 0 Å². The van der Waals surface area contributed by atoms with Crippen molar-refractivity contribution >= 4 is 5.78 Å². The van der Waals surface area contributed by atoms with Crippen molar-refractivity contribution in [2.45, 2.75) is 33.1 Å². The molecule has 0 unspecified atom stereocenters. The molecule has 0 aliphatic carbocycles. The van der Waals surface area contributed by atoms with E-state index >= 15 is 0 Å². The summed E-state index contributed by atoms with van der Waals surface area (Å²) in [5.41, 5.74) is 3.16. The molecule has 21 heavy (non-hydrogen) atoms. The van der Waals surface area contributed by atoms with Gasteiger partial charge in [0, 0.05) is 6.42 Å². The number of benzene rings is 2. The van der Waals surface area contributed by atoms with Gasteiger partial charge in [-0.3, -0.25) is 4.79 Å². The number of ether oxygens (including phenoxy) is 1. The first-order valence-electron chi connectivity index (χ1n) is 7.52. The number of para-hydroxylation sites is 1. The van der Waals surface area contributed by atoms with Crippen LogP contribution in [0.25, 0.3) is 0 Å². The smallest absolute Gasteiger partial charge is 0.166 e. The molecule has 2 aromatic rings. The van der Waals surface area contributed by atoms with E-state index in [1.165, 1.54) is 11.1 Å². The number of rotatable bonds is 7. The molecule has 0 saturated heterocycles. The van der Waals surface area contributed by atoms with Crippen molar-refractivity contribution in [3.8, 4) is 5.75 Å². The van der Waals surface area contributed by atoms with Gasteiger partial charge in [0.25, 0.3) is 0 Å². The van der Waals surface area contributed by atoms with Gasteiger partial charge < -0.3 is 4.74 Å². The molecule has 0 atom stereocenters. The Morgan fingerprint density at radius 3 is 2.52 bits per heavy atom. The van der Waals surface area contributed by atoms with Crippen LogP contribution in [-0.4, -0.2) is 12.4 Å². The maximum Gasteiger partial charge on any atom is 0.166 e. The van der Waals surface area contributed by atoms with Gasteiger partial charge in [0.2, 0.25) is 0 Å². The quantitative estimate of drug-likeness (QED) is 0.694. The second-order valence-corrected chi connectivity index (χ2v) is 5.19. The van der Waals surface area contributed by atoms with E-state index in [0.717, 1.165) is 12.8 Å². The first-order valence-corrected chi connectivity index (χ1v) is 7.52. The summed E-state index contributed by atoms with van der Waals surface area (Å²) in [6, 6.07) is 15.7. The molecule has 2 aromatic carbocycles. The molecule has 0 aliphatic heterocycles. The molecule has 110 valence electrons. The molecule has 0 heterocycles. The lowest BCUT2D eigenvalue weighted by molar-refractivity contribution is 0.0979. The van der Waals surface area contributed by atoms with Crippen molar-refractivity contribution in [2.24, 2.45) is 0 Å². The third-order valence-electron chi connectivity index (χ3n) is 3.53. The van der Waals surface area contributed by atoms with Gasteiger partial charge in [-0.05, 0) is 43.0 Å². The molecule has 0 amide bonds. The van der Waals surface area contributed by atoms with Crippen LogP contribution in [-0.2, 0) is 6.42 Å². The van der Waals surface area contributed by atoms with Crippen LogP contribution < -0.4 is 4.74 Å². The van der Waals surface area contributed by atoms with Gasteiger partial charge in [0.05, 0.1) is 12.2 Å². The highest BCUT2D eigenvalue weighted by molar-refractivity contribution is 5.98. The monoisotopic (exact) mass is 282 g/mol. The molecule has 0 radical (unpaired) electrons. The number of carbonyl (C=O) groups excluding carboxylic acids is 1. The molecule has 0 N–H and O–H groups in total. The number of carbonyl (C=O) groups is 1. The lowest BCUT2D eigenvalue weighted by Gasteiger charge is -2.10. The average molecular weight is 282 g/mol. The second kappa shape index (κ2) is 7.63. The summed E-state index contributed by atoms with van der Waals surface area (Å²) in [6.07, 6.45) is 2.22. The predicted octanol–water partition coefficient (Wildman–Crippen LogP) is 4.60. The van der Waals surface area contributed by atoms with Crippen LogP contribution in [0.2, 0.25) is 0 Å². The van der Waals surface area contributed by atoms with Gasteiger partial charge >= 0.3 is 0 Å². The zero-order valence-electron chi connectivity index (χ0n) is 12.8. The van der Waals surface area contributed by atoms with E-state index in [4.69, 9.17) is 4.74 Å². The lowest BCUT2D eigenvalue weighted by Crippen LogP contribution is -2.06. The van der Waals surface area contributed by atoms with E-state index in [1.807, 2.05) is 36.4 Å². The topological polar surface area (TPSA) is 26.3 Å². The Morgan fingerprint density at radius 1 is 1.05 bits per heavy atom. The van der Waals surface area contributed by atoms with Gasteiger partial charge in [-0.25, -0.2) is 0 Å². The Balaban J connectivity index is 2.05. The van der Waals surface area contributed by atoms with E-state index in [-0.39, 0.29) is 5.78 Å². The Bertz CT molecular complexity index is 602. The van der Waals surface area contributed by atoms with E-state index < -0.39 is 0 Å². The van der Waals surface area contributed by atoms with Crippen LogP contribution in [0.5, 0.6) is 5.75 Å². The maximum atomic E-state index is 12.4. The van der Waals surface area contributed by atoms with Crippen LogP contribution in [0.3, 0.4) is 0 Å². The van der Waals surface area contributed by atoms with Crippen molar-refractivity contribution in [2.75, 3.05) is 6.61 Å². The van der Waals surface area contributed by atoms with Crippen molar-refractivity contribution in [1.82, 2.24) is 0 Å². The zero-order chi connectivity index (χ0) is 15.1. The minimum absolute atomic E-state index is 0.143. The Morgan fingerprint density at radius 2 is 1.76 bits per heavy atom. The van der Waals surface area contributed by atoms with Crippen molar-refractivity contribution in [3.05, 3.63) is 65.2 Å². The number of hydrogen-bond donors (Lipinski definition) is 0. The van der Waals surface area contributed by atoms with Crippen LogP contribution in [0.15, 0.2) is 48.5 Å². The fraction of sp³-hybridized carbons (Fsp3) is 0.316. The zero-order valence-corrected chi connectivity index (χ0v) is 12.8. The third kappa shape index (κ3) is 4.19. The van der Waals surface area contributed by atoms with Crippen LogP contribution in [0, 0.1) is 6.92 Å². The standard InChI is InChI=1S/C19H22O2/c1-3-14-21-19-11-7-6-10-17(19)18(20)13-12-16-9-5-4-8-15(16)2/h4-11H,3,12-14H2,1-2H3. The highest BCUT2D eigenvalue weighted by Crippen LogP contribution is 2.21. The molecule has 0 saturated carbocycles. The Kier molecular flexibility index (Phi) is 5.56. The average Bonchev–Trinajstić information content (AvgIpc) is 2.52. The summed E-state index contributed by atoms with van der Waals surface area (Å²) in [4.78, 5) is 12.4. The van der Waals surface area contributed by atoms with Crippen molar-refractivity contribution < 1.29 is 9.53 Å². The summed E-state index contributed by atoms with van der Waals surface area (Å²) in [5, 5.41) is 0. The van der Waals surface area contributed by atoms with Gasteiger partial charge in [0.15, 0.2) is 5.78 Å². The second-order valence-electron chi connectivity index (χ2n) is 5.19. The fourth-order valence-electron chi connectivity index (χ4n) is 2.31. The number of Topliss-reactive ketones (excluding diaryl/α,β-unsaturated/α-hetero) is 1. The minimum Gasteiger partial charge on any atom is -0.493 e. The first-order chi connectivity index (χ1) is 10.2. The number of aryl methyl sites for hydroxylation is 2. The molecule has 0 aliphatic rings. The largest absolute Gasteiger partial charge is 0.493 e. The van der Waals surface area contributed by atoms with Crippen LogP contribution in [0.1, 0.15) is 41.3 Å². The molecular weight excluding hydrogens is 260 g/mol. The SMILES string of the molecule is CCCOc1ccccc1C(=O)CCc1ccccc1C. The molecule has 2 heteroatoms. The molecule has 0 fully saturated rings. The highest BCUT2D eigenvalue weighted by atomic mass is 16.5. The van der Waals surface area contributed by atoms with Crippen LogP contribution >= 0.6 is 0 Å². The number of hydrogen-bond acceptors (Lipinski definition) is 2. The summed E-state index contributed by atoms with van der Waals surface area (Å²) < 4.78 is 5.66. The summed E-state index contributed by atoms with van der Waals surface area (Å²) >= 11 is 0. The molecular formula is C19H22O2. The fourth-order valence-corrected chi connectivity index (χ4v) is 2.31. The molecule has 2 nitrogen and oxygen atoms in total. The molecule has 0 aromatic heterocycles. The van der Waals surface area contributed by atoms with E-state index in [1.54, 1.807) is 0 Å². The van der Waals surface area contributed by atoms with Gasteiger partial charge in [0.1, 0.15) is 5.75 Å². The Hall–Kier alpha value is -2.09. The lowest BCUT2D eigenvalue weighted by atomic mass is 9.99. The summed E-state index contributed by atoms with van der Waals surface area (Å²) in [7, 11) is 0. The molecule has 2 rings (SSSR count). The summed E-state index contributed by atoms with van der Waals surface area (Å²) in [5.74, 6) is 0.846. The van der Waals surface area contributed by atoms with E-state index in [2.05, 4.69) is 26.0 Å². The predicted molar refractivity (Wildman–Crippen MR) is 86.1 cm³/mol. The summed E-state index contributed by atoms with van der Waals surface area (Å²) in [6.45, 7) is 4.78. The van der Waals surface area contributed by atoms with Crippen molar-refractivity contribution in [1.29, 1.82) is 0 Å². The van der Waals surface area contributed by atoms with E-state index in [9.17, 15) is 4.79 Å². The van der Waals surface area contributed by atoms with Crippen molar-refractivity contribution in [3.63, 3.8) is 0 Å². The van der Waals surface area contributed by atoms with Gasteiger partial charge in [-0.15, -0.1) is 0 Å². The third-order valence-corrected chi connectivity index (χ3v) is 3.53. The normalized spacial score (nSPS) is 10.4. The first kappa shape index (κ1) is 15.3. The van der Waals surface area contributed by atoms with E-state index in [0.29, 0.717) is 24.3 Å². The minimum atomic E-state index is 0.143. The van der Waals surface area contributed by atoms with Gasteiger partial charge in [-0.1, -0.05) is 43.3 Å². The maximum absolute atomic E-state index is 12.4. The van der Waals surface area contributed by atoms with Crippen LogP contribution in [0.4, 0.5) is 0 Å².